The van der Waals surface area contributed by atoms with Crippen molar-refractivity contribution >= 4 is 10.0 Å². The zero-order valence-electron chi connectivity index (χ0n) is 12.3. The monoisotopic (exact) mass is 312 g/mol. The maximum atomic E-state index is 11.9. The van der Waals surface area contributed by atoms with Crippen LogP contribution in [0.1, 0.15) is 12.5 Å². The summed E-state index contributed by atoms with van der Waals surface area (Å²) in [5.41, 5.74) is 7.21. The molecule has 0 bridgehead atoms. The van der Waals surface area contributed by atoms with Gasteiger partial charge in [-0.15, -0.1) is 0 Å². The first-order chi connectivity index (χ1) is 10.1. The number of hydrogen-bond acceptors (Lipinski definition) is 5. The fourth-order valence-corrected chi connectivity index (χ4v) is 3.19. The van der Waals surface area contributed by atoms with Crippen molar-refractivity contribution in [1.29, 1.82) is 0 Å². The van der Waals surface area contributed by atoms with Gasteiger partial charge in [0.05, 0.1) is 5.75 Å². The minimum absolute atomic E-state index is 0.0990. The molecular weight excluding hydrogens is 288 g/mol. The number of nitrogens with one attached hydrogen (secondary N) is 4. The van der Waals surface area contributed by atoms with Gasteiger partial charge in [0.25, 0.3) is 0 Å². The smallest absolute Gasteiger partial charge is 0.213 e. The molecule has 2 rings (SSSR count). The van der Waals surface area contributed by atoms with E-state index in [0.29, 0.717) is 25.0 Å². The Bertz CT molecular complexity index is 521. The van der Waals surface area contributed by atoms with E-state index in [1.165, 1.54) is 0 Å². The third kappa shape index (κ3) is 5.72. The summed E-state index contributed by atoms with van der Waals surface area (Å²) < 4.78 is 26.4. The molecular formula is C14H24N4O2S. The fourth-order valence-electron chi connectivity index (χ4n) is 2.25. The average Bonchev–Trinajstić information content (AvgIpc) is 2.88. The highest BCUT2D eigenvalue weighted by Gasteiger charge is 2.22. The molecule has 6 nitrogen and oxygen atoms in total. The highest BCUT2D eigenvalue weighted by atomic mass is 32.2. The Labute approximate surface area is 126 Å². The second kappa shape index (κ2) is 7.86. The van der Waals surface area contributed by atoms with Crippen LogP contribution in [-0.2, 0) is 16.6 Å². The summed E-state index contributed by atoms with van der Waals surface area (Å²) in [6.07, 6.45) is 0. The molecule has 118 valence electrons. The van der Waals surface area contributed by atoms with Crippen LogP contribution in [0.15, 0.2) is 30.3 Å². The van der Waals surface area contributed by atoms with Gasteiger partial charge in [0, 0.05) is 38.1 Å². The lowest BCUT2D eigenvalue weighted by molar-refractivity contribution is 0.459. The first-order valence-electron chi connectivity index (χ1n) is 7.27. The van der Waals surface area contributed by atoms with Gasteiger partial charge in [0.1, 0.15) is 0 Å². The Kier molecular flexibility index (Phi) is 6.13. The van der Waals surface area contributed by atoms with E-state index in [4.69, 9.17) is 0 Å². The molecule has 0 amide bonds. The predicted molar refractivity (Wildman–Crippen MR) is 84.0 cm³/mol. The maximum Gasteiger partial charge on any atom is 0.213 e. The van der Waals surface area contributed by atoms with Gasteiger partial charge in [-0.3, -0.25) is 10.9 Å². The van der Waals surface area contributed by atoms with Crippen LogP contribution in [0.4, 0.5) is 0 Å². The molecule has 1 aliphatic rings. The molecule has 1 aromatic carbocycles. The standard InChI is InChI=1S/C14H24N4O2S/c1-12-14(11-16-18-12)10-15-7-8-21(19,20)17-9-13-5-3-2-4-6-13/h2-6,12,14-18H,7-11H2,1H3. The second-order valence-electron chi connectivity index (χ2n) is 5.40. The molecule has 0 radical (unpaired) electrons. The number of hydrazine groups is 1. The van der Waals surface area contributed by atoms with Crippen molar-refractivity contribution < 1.29 is 8.42 Å². The van der Waals surface area contributed by atoms with Crippen LogP contribution in [0.5, 0.6) is 0 Å². The van der Waals surface area contributed by atoms with E-state index in [2.05, 4.69) is 27.8 Å². The van der Waals surface area contributed by atoms with Crippen LogP contribution in [0.25, 0.3) is 0 Å². The summed E-state index contributed by atoms with van der Waals surface area (Å²) in [7, 11) is -3.23. The molecule has 1 fully saturated rings. The van der Waals surface area contributed by atoms with Crippen LogP contribution in [0.2, 0.25) is 0 Å². The highest BCUT2D eigenvalue weighted by Crippen LogP contribution is 2.04. The van der Waals surface area contributed by atoms with Gasteiger partial charge in [0.15, 0.2) is 0 Å². The number of hydrogen-bond donors (Lipinski definition) is 4. The van der Waals surface area contributed by atoms with E-state index in [9.17, 15) is 8.42 Å². The van der Waals surface area contributed by atoms with Crippen LogP contribution in [0, 0.1) is 5.92 Å². The molecule has 21 heavy (non-hydrogen) atoms. The lowest BCUT2D eigenvalue weighted by atomic mass is 10.0. The molecule has 2 atom stereocenters. The Balaban J connectivity index is 1.64. The highest BCUT2D eigenvalue weighted by molar-refractivity contribution is 7.89. The summed E-state index contributed by atoms with van der Waals surface area (Å²) in [5.74, 6) is 0.590. The predicted octanol–water partition coefficient (Wildman–Crippen LogP) is -0.192. The summed E-state index contributed by atoms with van der Waals surface area (Å²) in [6, 6.07) is 9.93. The van der Waals surface area contributed by atoms with Crippen molar-refractivity contribution in [2.24, 2.45) is 5.92 Å². The zero-order valence-corrected chi connectivity index (χ0v) is 13.1. The molecule has 0 aromatic heterocycles. The van der Waals surface area contributed by atoms with Gasteiger partial charge in [0.2, 0.25) is 10.0 Å². The van der Waals surface area contributed by atoms with Gasteiger partial charge < -0.3 is 5.32 Å². The van der Waals surface area contributed by atoms with E-state index in [-0.39, 0.29) is 5.75 Å². The quantitative estimate of drug-likeness (QED) is 0.500. The molecule has 2 unspecified atom stereocenters. The summed E-state index contributed by atoms with van der Waals surface area (Å²) in [4.78, 5) is 0. The third-order valence-corrected chi connectivity index (χ3v) is 5.02. The molecule has 0 spiro atoms. The van der Waals surface area contributed by atoms with Crippen molar-refractivity contribution in [3.8, 4) is 0 Å². The number of benzene rings is 1. The van der Waals surface area contributed by atoms with Gasteiger partial charge >= 0.3 is 0 Å². The van der Waals surface area contributed by atoms with Crippen molar-refractivity contribution in [3.05, 3.63) is 35.9 Å². The van der Waals surface area contributed by atoms with E-state index in [0.717, 1.165) is 18.7 Å². The molecule has 0 saturated carbocycles. The minimum atomic E-state index is -3.23. The van der Waals surface area contributed by atoms with Crippen molar-refractivity contribution in [3.63, 3.8) is 0 Å². The second-order valence-corrected chi connectivity index (χ2v) is 7.33. The number of rotatable bonds is 8. The van der Waals surface area contributed by atoms with E-state index in [1.54, 1.807) is 0 Å². The molecule has 4 N–H and O–H groups in total. The van der Waals surface area contributed by atoms with Crippen LogP contribution >= 0.6 is 0 Å². The fraction of sp³-hybridized carbons (Fsp3) is 0.571. The molecule has 7 heteroatoms. The number of sulfonamides is 1. The first-order valence-corrected chi connectivity index (χ1v) is 8.92. The van der Waals surface area contributed by atoms with Crippen LogP contribution in [0.3, 0.4) is 0 Å². The lowest BCUT2D eigenvalue weighted by Crippen LogP contribution is -2.36. The Morgan fingerprint density at radius 2 is 2.05 bits per heavy atom. The Morgan fingerprint density at radius 3 is 2.71 bits per heavy atom. The minimum Gasteiger partial charge on any atom is -0.315 e. The first kappa shape index (κ1) is 16.4. The van der Waals surface area contributed by atoms with Crippen molar-refractivity contribution in [1.82, 2.24) is 20.9 Å². The molecule has 1 aliphatic heterocycles. The van der Waals surface area contributed by atoms with Crippen molar-refractivity contribution in [2.75, 3.05) is 25.4 Å². The van der Waals surface area contributed by atoms with E-state index < -0.39 is 10.0 Å². The molecule has 1 saturated heterocycles. The largest absolute Gasteiger partial charge is 0.315 e. The van der Waals surface area contributed by atoms with Gasteiger partial charge in [-0.25, -0.2) is 13.1 Å². The molecule has 1 aromatic rings. The molecule has 1 heterocycles. The summed E-state index contributed by atoms with van der Waals surface area (Å²) in [6.45, 7) is 4.65. The third-order valence-electron chi connectivity index (χ3n) is 3.69. The average molecular weight is 312 g/mol. The zero-order chi connectivity index (χ0) is 15.1. The summed E-state index contributed by atoms with van der Waals surface area (Å²) in [5, 5.41) is 3.21. The van der Waals surface area contributed by atoms with Gasteiger partial charge in [-0.1, -0.05) is 30.3 Å². The van der Waals surface area contributed by atoms with Crippen LogP contribution in [-0.4, -0.2) is 39.8 Å². The van der Waals surface area contributed by atoms with E-state index in [1.807, 2.05) is 30.3 Å². The normalized spacial score (nSPS) is 22.5. The van der Waals surface area contributed by atoms with Gasteiger partial charge in [-0.05, 0) is 12.5 Å². The summed E-state index contributed by atoms with van der Waals surface area (Å²) >= 11 is 0. The van der Waals surface area contributed by atoms with Gasteiger partial charge in [-0.2, -0.15) is 0 Å². The van der Waals surface area contributed by atoms with E-state index >= 15 is 0 Å². The van der Waals surface area contributed by atoms with Crippen molar-refractivity contribution in [2.45, 2.75) is 19.5 Å². The topological polar surface area (TPSA) is 82.3 Å². The SMILES string of the molecule is CC1NNCC1CNCCS(=O)(=O)NCc1ccccc1. The Hall–Kier alpha value is -0.990. The molecule has 0 aliphatic carbocycles. The van der Waals surface area contributed by atoms with Crippen LogP contribution < -0.4 is 20.9 Å². The lowest BCUT2D eigenvalue weighted by Gasteiger charge is -2.14. The maximum absolute atomic E-state index is 11.9. The Morgan fingerprint density at radius 1 is 1.29 bits per heavy atom.